The Balaban J connectivity index is 2.18. The van der Waals surface area contributed by atoms with Crippen LogP contribution in [-0.4, -0.2) is 48.8 Å². The summed E-state index contributed by atoms with van der Waals surface area (Å²) >= 11 is 0. The molecule has 4 heteroatoms. The minimum atomic E-state index is 0.116. The topological polar surface area (TPSA) is 46.6 Å². The van der Waals surface area contributed by atoms with E-state index >= 15 is 0 Å². The van der Waals surface area contributed by atoms with Crippen LogP contribution in [0.15, 0.2) is 0 Å². The Labute approximate surface area is 129 Å². The van der Waals surface area contributed by atoms with Crippen molar-refractivity contribution < 1.29 is 14.3 Å². The third kappa shape index (κ3) is 7.72. The Kier molecular flexibility index (Phi) is 8.12. The van der Waals surface area contributed by atoms with Crippen molar-refractivity contribution in [2.24, 2.45) is 11.8 Å². The summed E-state index contributed by atoms with van der Waals surface area (Å²) in [6.07, 6.45) is 3.46. The number of rotatable bonds is 9. The zero-order valence-corrected chi connectivity index (χ0v) is 14.1. The van der Waals surface area contributed by atoms with Gasteiger partial charge < -0.3 is 4.74 Å². The molecule has 0 saturated carbocycles. The maximum absolute atomic E-state index is 11.9. The van der Waals surface area contributed by atoms with Gasteiger partial charge >= 0.3 is 0 Å². The Hall–Kier alpha value is -0.740. The molecule has 0 aromatic rings. The second-order valence-electron chi connectivity index (χ2n) is 6.75. The lowest BCUT2D eigenvalue weighted by atomic mass is 9.90. The number of ketones is 2. The molecule has 1 aliphatic heterocycles. The fraction of sp³-hybridized carbons (Fsp3) is 0.882. The molecular formula is C17H31NO3. The van der Waals surface area contributed by atoms with Crippen molar-refractivity contribution in [2.45, 2.75) is 59.5 Å². The first-order valence-electron chi connectivity index (χ1n) is 8.26. The van der Waals surface area contributed by atoms with Gasteiger partial charge in [-0.2, -0.15) is 0 Å². The van der Waals surface area contributed by atoms with Gasteiger partial charge in [0, 0.05) is 18.8 Å². The normalized spacial score (nSPS) is 17.6. The third-order valence-electron chi connectivity index (χ3n) is 4.08. The predicted octanol–water partition coefficient (Wildman–Crippen LogP) is 2.70. The molecular weight excluding hydrogens is 266 g/mol. The van der Waals surface area contributed by atoms with Gasteiger partial charge in [-0.15, -0.1) is 0 Å². The summed E-state index contributed by atoms with van der Waals surface area (Å²) in [6.45, 7) is 10.9. The fourth-order valence-electron chi connectivity index (χ4n) is 2.58. The van der Waals surface area contributed by atoms with Gasteiger partial charge in [-0.1, -0.05) is 13.8 Å². The molecule has 122 valence electrons. The van der Waals surface area contributed by atoms with Crippen LogP contribution in [0, 0.1) is 11.8 Å². The molecule has 0 atom stereocenters. The number of piperidine rings is 1. The van der Waals surface area contributed by atoms with Gasteiger partial charge in [0.15, 0.2) is 0 Å². The van der Waals surface area contributed by atoms with Crippen molar-refractivity contribution in [3.8, 4) is 0 Å². The number of hydrogen-bond donors (Lipinski definition) is 0. The van der Waals surface area contributed by atoms with Gasteiger partial charge in [0.05, 0.1) is 19.3 Å². The van der Waals surface area contributed by atoms with E-state index in [0.29, 0.717) is 43.5 Å². The van der Waals surface area contributed by atoms with Crippen LogP contribution in [0.1, 0.15) is 53.4 Å². The van der Waals surface area contributed by atoms with Crippen LogP contribution < -0.4 is 0 Å². The zero-order valence-electron chi connectivity index (χ0n) is 14.1. The van der Waals surface area contributed by atoms with Crippen LogP contribution in [0.2, 0.25) is 0 Å². The van der Waals surface area contributed by atoms with Crippen molar-refractivity contribution in [2.75, 3.05) is 26.2 Å². The summed E-state index contributed by atoms with van der Waals surface area (Å²) in [4.78, 5) is 25.9. The molecule has 0 aromatic carbocycles. The molecule has 0 N–H and O–H groups in total. The quantitative estimate of drug-likeness (QED) is 0.656. The first kappa shape index (κ1) is 18.3. The summed E-state index contributed by atoms with van der Waals surface area (Å²) in [7, 11) is 0. The molecule has 4 nitrogen and oxygen atoms in total. The van der Waals surface area contributed by atoms with Crippen LogP contribution in [0.3, 0.4) is 0 Å². The summed E-state index contributed by atoms with van der Waals surface area (Å²) < 4.78 is 5.42. The maximum atomic E-state index is 11.9. The molecule has 1 aliphatic rings. The molecule has 0 bridgehead atoms. The molecule has 0 aliphatic carbocycles. The van der Waals surface area contributed by atoms with E-state index in [1.165, 1.54) is 0 Å². The van der Waals surface area contributed by atoms with Gasteiger partial charge in [-0.3, -0.25) is 14.5 Å². The number of Topliss-reactive ketones (excluding diaryl/α,β-unsaturated/α-hetero) is 2. The first-order valence-corrected chi connectivity index (χ1v) is 8.26. The number of carbonyl (C=O) groups excluding carboxylic acids is 2. The molecule has 1 heterocycles. The molecule has 0 radical (unpaired) electrons. The van der Waals surface area contributed by atoms with Crippen molar-refractivity contribution >= 4 is 11.6 Å². The van der Waals surface area contributed by atoms with Crippen LogP contribution in [0.4, 0.5) is 0 Å². The lowest BCUT2D eigenvalue weighted by Gasteiger charge is -2.31. The molecule has 0 aromatic heterocycles. The number of hydrogen-bond acceptors (Lipinski definition) is 4. The summed E-state index contributed by atoms with van der Waals surface area (Å²) in [5.41, 5.74) is 0. The minimum absolute atomic E-state index is 0.116. The number of nitrogens with zero attached hydrogens (tertiary/aromatic N) is 1. The minimum Gasteiger partial charge on any atom is -0.378 e. The van der Waals surface area contributed by atoms with Gasteiger partial charge in [0.1, 0.15) is 11.6 Å². The van der Waals surface area contributed by atoms with Crippen LogP contribution in [-0.2, 0) is 14.3 Å². The van der Waals surface area contributed by atoms with Crippen molar-refractivity contribution in [1.29, 1.82) is 0 Å². The van der Waals surface area contributed by atoms with E-state index in [2.05, 4.69) is 4.90 Å². The summed E-state index contributed by atoms with van der Waals surface area (Å²) in [5.74, 6) is 1.23. The van der Waals surface area contributed by atoms with Gasteiger partial charge in [0.25, 0.3) is 0 Å². The Bertz CT molecular complexity index is 331. The third-order valence-corrected chi connectivity index (χ3v) is 4.08. The van der Waals surface area contributed by atoms with E-state index in [9.17, 15) is 9.59 Å². The van der Waals surface area contributed by atoms with E-state index in [1.54, 1.807) is 0 Å². The average molecular weight is 297 g/mol. The second-order valence-corrected chi connectivity index (χ2v) is 6.75. The van der Waals surface area contributed by atoms with Crippen molar-refractivity contribution in [3.63, 3.8) is 0 Å². The van der Waals surface area contributed by atoms with Crippen LogP contribution in [0.25, 0.3) is 0 Å². The number of likely N-dealkylation sites (tertiary alicyclic amines) is 1. The van der Waals surface area contributed by atoms with E-state index in [0.717, 1.165) is 25.9 Å². The molecule has 1 saturated heterocycles. The second kappa shape index (κ2) is 9.31. The maximum Gasteiger partial charge on any atom is 0.149 e. The van der Waals surface area contributed by atoms with E-state index in [4.69, 9.17) is 4.74 Å². The molecule has 1 rings (SSSR count). The largest absolute Gasteiger partial charge is 0.378 e. The molecule has 0 amide bonds. The fourth-order valence-corrected chi connectivity index (χ4v) is 2.58. The highest BCUT2D eigenvalue weighted by Crippen LogP contribution is 2.21. The molecule has 1 fully saturated rings. The number of carbonyl (C=O) groups is 2. The van der Waals surface area contributed by atoms with E-state index in [-0.39, 0.29) is 12.0 Å². The highest BCUT2D eigenvalue weighted by Gasteiger charge is 2.23. The van der Waals surface area contributed by atoms with Gasteiger partial charge in [-0.25, -0.2) is 0 Å². The van der Waals surface area contributed by atoms with Crippen molar-refractivity contribution in [1.82, 2.24) is 4.90 Å². The Morgan fingerprint density at radius 1 is 1.14 bits per heavy atom. The van der Waals surface area contributed by atoms with Gasteiger partial charge in [-0.05, 0) is 45.7 Å². The highest BCUT2D eigenvalue weighted by molar-refractivity contribution is 5.82. The average Bonchev–Trinajstić information content (AvgIpc) is 2.40. The highest BCUT2D eigenvalue weighted by atomic mass is 16.5. The summed E-state index contributed by atoms with van der Waals surface area (Å²) in [5, 5.41) is 0. The van der Waals surface area contributed by atoms with Crippen LogP contribution >= 0.6 is 0 Å². The molecule has 21 heavy (non-hydrogen) atoms. The van der Waals surface area contributed by atoms with Crippen molar-refractivity contribution in [3.05, 3.63) is 0 Å². The molecule has 0 spiro atoms. The molecule has 0 unspecified atom stereocenters. The van der Waals surface area contributed by atoms with Crippen LogP contribution in [0.5, 0.6) is 0 Å². The zero-order chi connectivity index (χ0) is 15.8. The SMILES string of the molecule is CC(C)OCCC(=O)CC1CCN(CC(=O)C(C)C)CC1. The monoisotopic (exact) mass is 297 g/mol. The van der Waals surface area contributed by atoms with Gasteiger partial charge in [0.2, 0.25) is 0 Å². The Morgan fingerprint density at radius 3 is 2.29 bits per heavy atom. The van der Waals surface area contributed by atoms with E-state index in [1.807, 2.05) is 27.7 Å². The summed E-state index contributed by atoms with van der Waals surface area (Å²) in [6, 6.07) is 0. The predicted molar refractivity (Wildman–Crippen MR) is 84.3 cm³/mol. The Morgan fingerprint density at radius 2 is 1.76 bits per heavy atom. The van der Waals surface area contributed by atoms with E-state index < -0.39 is 0 Å². The smallest absolute Gasteiger partial charge is 0.149 e. The lowest BCUT2D eigenvalue weighted by Crippen LogP contribution is -2.38. The lowest BCUT2D eigenvalue weighted by molar-refractivity contribution is -0.124. The number of ether oxygens (including phenoxy) is 1. The first-order chi connectivity index (χ1) is 9.88. The standard InChI is InChI=1S/C17H31NO3/c1-13(2)17(20)12-18-8-5-15(6-9-18)11-16(19)7-10-21-14(3)4/h13-15H,5-12H2,1-4H3.